The first-order chi connectivity index (χ1) is 8.65. The van der Waals surface area contributed by atoms with Crippen molar-refractivity contribution in [2.45, 2.75) is 46.6 Å². The first kappa shape index (κ1) is 16.0. The van der Waals surface area contributed by atoms with Crippen molar-refractivity contribution in [1.82, 2.24) is 15.5 Å². The number of amides is 3. The topological polar surface area (TPSA) is 61.4 Å². The maximum absolute atomic E-state index is 11.8. The fraction of sp³-hybridized carbons (Fsp3) is 0.857. The number of carbonyl (C=O) groups excluding carboxylic acids is 2. The number of likely N-dealkylation sites (tertiary alicyclic amines) is 1. The van der Waals surface area contributed by atoms with E-state index in [1.54, 1.807) is 0 Å². The normalized spacial score (nSPS) is 24.9. The molecule has 0 saturated carbocycles. The summed E-state index contributed by atoms with van der Waals surface area (Å²) in [7, 11) is 0. The molecule has 1 fully saturated rings. The SMILES string of the molecule is C[C@H]1C[C@H](C)CN(CC(=O)NC(=O)NC(C)(C)C)C1. The van der Waals surface area contributed by atoms with E-state index in [9.17, 15) is 9.59 Å². The van der Waals surface area contributed by atoms with Crippen LogP contribution in [0, 0.1) is 11.8 Å². The van der Waals surface area contributed by atoms with E-state index in [0.29, 0.717) is 18.4 Å². The number of nitrogens with one attached hydrogen (secondary N) is 2. The van der Waals surface area contributed by atoms with E-state index in [1.165, 1.54) is 6.42 Å². The standard InChI is InChI=1S/C14H27N3O2/c1-10-6-11(2)8-17(7-10)9-12(18)15-13(19)16-14(3,4)5/h10-11H,6-9H2,1-5H3,(H2,15,16,18,19)/t10-,11-/m0/s1. The summed E-state index contributed by atoms with van der Waals surface area (Å²) in [4.78, 5) is 25.5. The van der Waals surface area contributed by atoms with Gasteiger partial charge in [0.2, 0.25) is 5.91 Å². The van der Waals surface area contributed by atoms with Crippen LogP contribution in [-0.4, -0.2) is 42.0 Å². The predicted molar refractivity (Wildman–Crippen MR) is 75.8 cm³/mol. The van der Waals surface area contributed by atoms with Crippen molar-refractivity contribution in [3.05, 3.63) is 0 Å². The quantitative estimate of drug-likeness (QED) is 0.800. The first-order valence-electron chi connectivity index (χ1n) is 7.00. The van der Waals surface area contributed by atoms with Gasteiger partial charge in [-0.3, -0.25) is 15.0 Å². The van der Waals surface area contributed by atoms with Crippen LogP contribution in [0.2, 0.25) is 0 Å². The Hall–Kier alpha value is -1.10. The highest BCUT2D eigenvalue weighted by Gasteiger charge is 2.24. The number of carbonyl (C=O) groups is 2. The number of urea groups is 1. The number of hydrogen-bond donors (Lipinski definition) is 2. The van der Waals surface area contributed by atoms with Gasteiger partial charge in [-0.05, 0) is 39.0 Å². The second-order valence-electron chi connectivity index (χ2n) is 6.89. The summed E-state index contributed by atoms with van der Waals surface area (Å²) in [5.74, 6) is 0.989. The zero-order valence-electron chi connectivity index (χ0n) is 12.7. The number of nitrogens with zero attached hydrogens (tertiary/aromatic N) is 1. The van der Waals surface area contributed by atoms with Gasteiger partial charge in [-0.1, -0.05) is 13.8 Å². The molecule has 1 heterocycles. The summed E-state index contributed by atoms with van der Waals surface area (Å²) in [5, 5.41) is 5.10. The van der Waals surface area contributed by atoms with Gasteiger partial charge < -0.3 is 5.32 Å². The Labute approximate surface area is 116 Å². The molecule has 1 rings (SSSR count). The lowest BCUT2D eigenvalue weighted by molar-refractivity contribution is -0.121. The number of piperidine rings is 1. The molecule has 0 aromatic carbocycles. The molecule has 0 unspecified atom stereocenters. The molecule has 2 N–H and O–H groups in total. The molecule has 0 spiro atoms. The molecule has 2 atom stereocenters. The summed E-state index contributed by atoms with van der Waals surface area (Å²) in [5.41, 5.74) is -0.335. The van der Waals surface area contributed by atoms with Crippen LogP contribution >= 0.6 is 0 Å². The van der Waals surface area contributed by atoms with Crippen molar-refractivity contribution < 1.29 is 9.59 Å². The second-order valence-corrected chi connectivity index (χ2v) is 6.89. The van der Waals surface area contributed by atoms with Gasteiger partial charge in [0.15, 0.2) is 0 Å². The Morgan fingerprint density at radius 2 is 1.68 bits per heavy atom. The van der Waals surface area contributed by atoms with Gasteiger partial charge in [0.25, 0.3) is 0 Å². The third-order valence-electron chi connectivity index (χ3n) is 3.05. The van der Waals surface area contributed by atoms with E-state index in [4.69, 9.17) is 0 Å². The molecule has 110 valence electrons. The summed E-state index contributed by atoms with van der Waals surface area (Å²) in [6.07, 6.45) is 1.21. The third-order valence-corrected chi connectivity index (χ3v) is 3.05. The average molecular weight is 269 g/mol. The van der Waals surface area contributed by atoms with E-state index < -0.39 is 6.03 Å². The monoisotopic (exact) mass is 269 g/mol. The minimum atomic E-state index is -0.421. The molecule has 1 aliphatic rings. The van der Waals surface area contributed by atoms with Crippen molar-refractivity contribution in [3.63, 3.8) is 0 Å². The second kappa shape index (κ2) is 6.37. The smallest absolute Gasteiger partial charge is 0.321 e. The first-order valence-corrected chi connectivity index (χ1v) is 7.00. The fourth-order valence-corrected chi connectivity index (χ4v) is 2.66. The maximum Gasteiger partial charge on any atom is 0.321 e. The van der Waals surface area contributed by atoms with E-state index >= 15 is 0 Å². The van der Waals surface area contributed by atoms with Crippen LogP contribution < -0.4 is 10.6 Å². The number of hydrogen-bond acceptors (Lipinski definition) is 3. The molecule has 5 nitrogen and oxygen atoms in total. The lowest BCUT2D eigenvalue weighted by Crippen LogP contribution is -2.51. The lowest BCUT2D eigenvalue weighted by Gasteiger charge is -2.34. The molecule has 19 heavy (non-hydrogen) atoms. The predicted octanol–water partition coefficient (Wildman–Crippen LogP) is 1.59. The van der Waals surface area contributed by atoms with Crippen molar-refractivity contribution in [3.8, 4) is 0 Å². The highest BCUT2D eigenvalue weighted by atomic mass is 16.2. The lowest BCUT2D eigenvalue weighted by atomic mass is 9.92. The largest absolute Gasteiger partial charge is 0.333 e. The highest BCUT2D eigenvalue weighted by Crippen LogP contribution is 2.20. The Morgan fingerprint density at radius 1 is 1.16 bits per heavy atom. The molecule has 1 saturated heterocycles. The van der Waals surface area contributed by atoms with Gasteiger partial charge in [0.05, 0.1) is 6.54 Å². The van der Waals surface area contributed by atoms with Crippen LogP contribution in [0.1, 0.15) is 41.0 Å². The van der Waals surface area contributed by atoms with Crippen molar-refractivity contribution >= 4 is 11.9 Å². The van der Waals surface area contributed by atoms with Crippen LogP contribution in [0.3, 0.4) is 0 Å². The minimum absolute atomic E-state index is 0.233. The molecule has 0 bridgehead atoms. The molecule has 5 heteroatoms. The van der Waals surface area contributed by atoms with Crippen LogP contribution in [0.5, 0.6) is 0 Å². The van der Waals surface area contributed by atoms with Crippen LogP contribution in [0.15, 0.2) is 0 Å². The molecule has 3 amide bonds. The zero-order valence-corrected chi connectivity index (χ0v) is 12.7. The number of rotatable bonds is 2. The zero-order chi connectivity index (χ0) is 14.6. The van der Waals surface area contributed by atoms with E-state index in [2.05, 4.69) is 29.4 Å². The maximum atomic E-state index is 11.8. The fourth-order valence-electron chi connectivity index (χ4n) is 2.66. The Kier molecular flexibility index (Phi) is 5.35. The Bertz CT molecular complexity index is 326. The van der Waals surface area contributed by atoms with E-state index in [-0.39, 0.29) is 11.4 Å². The summed E-state index contributed by atoms with van der Waals surface area (Å²) < 4.78 is 0. The van der Waals surface area contributed by atoms with Gasteiger partial charge in [-0.25, -0.2) is 4.79 Å². The van der Waals surface area contributed by atoms with Crippen LogP contribution in [-0.2, 0) is 4.79 Å². The van der Waals surface area contributed by atoms with Crippen molar-refractivity contribution in [1.29, 1.82) is 0 Å². The van der Waals surface area contributed by atoms with E-state index in [0.717, 1.165) is 13.1 Å². The minimum Gasteiger partial charge on any atom is -0.333 e. The molecule has 0 radical (unpaired) electrons. The van der Waals surface area contributed by atoms with Gasteiger partial charge in [0, 0.05) is 18.6 Å². The van der Waals surface area contributed by atoms with Gasteiger partial charge in [-0.2, -0.15) is 0 Å². The van der Waals surface area contributed by atoms with E-state index in [1.807, 2.05) is 20.8 Å². The molecular weight excluding hydrogens is 242 g/mol. The Balaban J connectivity index is 2.36. The third kappa shape index (κ3) is 6.57. The molecule has 0 aromatic rings. The highest BCUT2D eigenvalue weighted by molar-refractivity contribution is 5.95. The van der Waals surface area contributed by atoms with Crippen molar-refractivity contribution in [2.24, 2.45) is 11.8 Å². The van der Waals surface area contributed by atoms with Gasteiger partial charge in [0.1, 0.15) is 0 Å². The van der Waals surface area contributed by atoms with Crippen LogP contribution in [0.25, 0.3) is 0 Å². The average Bonchev–Trinajstić information content (AvgIpc) is 2.10. The molecule has 0 aromatic heterocycles. The summed E-state index contributed by atoms with van der Waals surface area (Å²) in [6, 6.07) is -0.421. The molecular formula is C14H27N3O2. The summed E-state index contributed by atoms with van der Waals surface area (Å²) >= 11 is 0. The molecule has 0 aliphatic carbocycles. The Morgan fingerprint density at radius 3 is 2.16 bits per heavy atom. The number of imide groups is 1. The van der Waals surface area contributed by atoms with Crippen molar-refractivity contribution in [2.75, 3.05) is 19.6 Å². The van der Waals surface area contributed by atoms with Gasteiger partial charge >= 0.3 is 6.03 Å². The molecule has 1 aliphatic heterocycles. The van der Waals surface area contributed by atoms with Crippen LogP contribution in [0.4, 0.5) is 4.79 Å². The summed E-state index contributed by atoms with van der Waals surface area (Å²) in [6.45, 7) is 12.2. The van der Waals surface area contributed by atoms with Gasteiger partial charge in [-0.15, -0.1) is 0 Å².